The van der Waals surface area contributed by atoms with E-state index >= 15 is 0 Å². The third-order valence-electron chi connectivity index (χ3n) is 2.67. The van der Waals surface area contributed by atoms with Crippen LogP contribution in [0.15, 0.2) is 28.8 Å². The zero-order valence-electron chi connectivity index (χ0n) is 11.9. The molecule has 2 aromatic rings. The molecule has 0 fully saturated rings. The van der Waals surface area contributed by atoms with Gasteiger partial charge in [-0.25, -0.2) is 0 Å². The van der Waals surface area contributed by atoms with Crippen LogP contribution in [-0.2, 0) is 4.79 Å². The first-order valence-electron chi connectivity index (χ1n) is 6.26. The summed E-state index contributed by atoms with van der Waals surface area (Å²) in [7, 11) is 3.76. The summed E-state index contributed by atoms with van der Waals surface area (Å²) in [5.74, 6) is -0.0827. The number of fused-ring (bicyclic) bond motifs is 1. The van der Waals surface area contributed by atoms with E-state index in [1.54, 1.807) is 18.3 Å². The second-order valence-electron chi connectivity index (χ2n) is 4.73. The Labute approximate surface area is 120 Å². The van der Waals surface area contributed by atoms with Gasteiger partial charge in [0.25, 0.3) is 0 Å². The summed E-state index contributed by atoms with van der Waals surface area (Å²) < 4.78 is 10.4. The minimum Gasteiger partial charge on any atom is -0.449 e. The lowest BCUT2D eigenvalue weighted by molar-refractivity contribution is -0.800. The highest BCUT2D eigenvalue weighted by Gasteiger charge is 2.23. The topological polar surface area (TPSA) is 87.0 Å². The van der Waals surface area contributed by atoms with Gasteiger partial charge in [-0.15, -0.1) is 0 Å². The summed E-state index contributed by atoms with van der Waals surface area (Å²) in [6.45, 7) is 1.27. The summed E-state index contributed by atoms with van der Waals surface area (Å²) in [5, 5.41) is 11.6. The van der Waals surface area contributed by atoms with Gasteiger partial charge in [0, 0.05) is 13.0 Å². The van der Waals surface area contributed by atoms with E-state index in [4.69, 9.17) is 9.15 Å². The lowest BCUT2D eigenvalue weighted by Gasteiger charge is -1.99. The summed E-state index contributed by atoms with van der Waals surface area (Å²) in [5.41, 5.74) is 0.225. The zero-order chi connectivity index (χ0) is 15.6. The largest absolute Gasteiger partial charge is 0.449 e. The van der Waals surface area contributed by atoms with Crippen molar-refractivity contribution in [2.24, 2.45) is 0 Å². The number of nitrogens with one attached hydrogen (secondary N) is 1. The first-order chi connectivity index (χ1) is 9.88. The molecule has 0 bridgehead atoms. The van der Waals surface area contributed by atoms with E-state index in [0.717, 1.165) is 4.90 Å². The van der Waals surface area contributed by atoms with E-state index in [2.05, 4.69) is 0 Å². The van der Waals surface area contributed by atoms with Gasteiger partial charge in [0.15, 0.2) is 0 Å². The van der Waals surface area contributed by atoms with E-state index in [1.165, 1.54) is 19.1 Å². The van der Waals surface area contributed by atoms with Crippen molar-refractivity contribution in [3.8, 4) is 5.75 Å². The van der Waals surface area contributed by atoms with Crippen molar-refractivity contribution in [1.29, 1.82) is 0 Å². The van der Waals surface area contributed by atoms with Gasteiger partial charge in [-0.3, -0.25) is 14.9 Å². The van der Waals surface area contributed by atoms with Crippen molar-refractivity contribution >= 4 is 28.7 Å². The SMILES string of the molecule is CC(=O)Oc1ccc2oc(/C=C/[NH+](C)C)c([N+](=O)[O-])c2c1. The molecule has 21 heavy (non-hydrogen) atoms. The summed E-state index contributed by atoms with van der Waals surface area (Å²) in [6.07, 6.45) is 3.29. The number of furan rings is 1. The minimum atomic E-state index is -0.506. The third-order valence-corrected chi connectivity index (χ3v) is 2.67. The maximum Gasteiger partial charge on any atom is 0.322 e. The molecule has 110 valence electrons. The van der Waals surface area contributed by atoms with Gasteiger partial charge in [0.05, 0.1) is 25.2 Å². The van der Waals surface area contributed by atoms with Gasteiger partial charge < -0.3 is 14.1 Å². The first kappa shape index (κ1) is 14.7. The van der Waals surface area contributed by atoms with Crippen molar-refractivity contribution in [3.05, 3.63) is 40.3 Å². The Morgan fingerprint density at radius 3 is 2.71 bits per heavy atom. The number of nitrogens with zero attached hydrogens (tertiary/aromatic N) is 1. The highest BCUT2D eigenvalue weighted by molar-refractivity contribution is 5.92. The van der Waals surface area contributed by atoms with Crippen LogP contribution in [0.4, 0.5) is 5.69 Å². The standard InChI is InChI=1S/C14H14N2O5/c1-9(17)20-10-4-5-12-11(8-10)14(16(18)19)13(21-12)6-7-15(2)3/h4-8H,1-3H3/p+1/b7-6+. The van der Waals surface area contributed by atoms with E-state index in [0.29, 0.717) is 11.0 Å². The molecule has 2 rings (SSSR count). The molecule has 0 aliphatic heterocycles. The monoisotopic (exact) mass is 291 g/mol. The van der Waals surface area contributed by atoms with Crippen LogP contribution in [0.1, 0.15) is 12.7 Å². The molecule has 0 aliphatic carbocycles. The average molecular weight is 291 g/mol. The number of esters is 1. The lowest BCUT2D eigenvalue weighted by Crippen LogP contribution is -3.00. The molecular weight excluding hydrogens is 276 g/mol. The Bertz CT molecular complexity index is 730. The highest BCUT2D eigenvalue weighted by Crippen LogP contribution is 2.35. The Balaban J connectivity index is 2.58. The quantitative estimate of drug-likeness (QED) is 0.398. The fourth-order valence-electron chi connectivity index (χ4n) is 1.86. The molecule has 7 nitrogen and oxygen atoms in total. The van der Waals surface area contributed by atoms with E-state index < -0.39 is 10.9 Å². The Morgan fingerprint density at radius 1 is 1.43 bits per heavy atom. The molecule has 1 N–H and O–H groups in total. The number of hydrogen-bond acceptors (Lipinski definition) is 5. The second-order valence-corrected chi connectivity index (χ2v) is 4.73. The van der Waals surface area contributed by atoms with Crippen LogP contribution >= 0.6 is 0 Å². The molecule has 7 heteroatoms. The predicted molar refractivity (Wildman–Crippen MR) is 76.0 cm³/mol. The van der Waals surface area contributed by atoms with Crippen LogP contribution < -0.4 is 9.64 Å². The number of carbonyl (C=O) groups excluding carboxylic acids is 1. The molecular formula is C14H15N2O5+. The molecule has 0 atom stereocenters. The number of hydrogen-bond donors (Lipinski definition) is 1. The molecule has 0 amide bonds. The molecule has 0 aliphatic rings. The van der Waals surface area contributed by atoms with Gasteiger partial charge >= 0.3 is 11.7 Å². The molecule has 0 saturated carbocycles. The summed E-state index contributed by atoms with van der Waals surface area (Å²) in [4.78, 5) is 22.7. The van der Waals surface area contributed by atoms with E-state index in [-0.39, 0.29) is 17.2 Å². The second kappa shape index (κ2) is 5.76. The average Bonchev–Trinajstić information content (AvgIpc) is 2.73. The van der Waals surface area contributed by atoms with Crippen molar-refractivity contribution in [2.75, 3.05) is 14.1 Å². The lowest BCUT2D eigenvalue weighted by atomic mass is 10.2. The molecule has 0 unspecified atom stereocenters. The maximum atomic E-state index is 11.3. The zero-order valence-corrected chi connectivity index (χ0v) is 11.9. The fraction of sp³-hybridized carbons (Fsp3) is 0.214. The number of rotatable bonds is 4. The van der Waals surface area contributed by atoms with Gasteiger partial charge in [0.1, 0.15) is 16.7 Å². The normalized spacial score (nSPS) is 11.4. The Morgan fingerprint density at radius 2 is 2.14 bits per heavy atom. The van der Waals surface area contributed by atoms with E-state index in [9.17, 15) is 14.9 Å². The molecule has 0 saturated heterocycles. The number of benzene rings is 1. The van der Waals surface area contributed by atoms with Crippen molar-refractivity contribution in [2.45, 2.75) is 6.92 Å². The van der Waals surface area contributed by atoms with Gasteiger partial charge in [-0.05, 0) is 18.2 Å². The fourth-order valence-corrected chi connectivity index (χ4v) is 1.86. The van der Waals surface area contributed by atoms with Crippen LogP contribution in [0.3, 0.4) is 0 Å². The van der Waals surface area contributed by atoms with Crippen LogP contribution in [-0.4, -0.2) is 25.0 Å². The van der Waals surface area contributed by atoms with Gasteiger partial charge in [-0.1, -0.05) is 0 Å². The minimum absolute atomic E-state index is 0.142. The van der Waals surface area contributed by atoms with Crippen molar-refractivity contribution < 1.29 is 23.8 Å². The first-order valence-corrected chi connectivity index (χ1v) is 6.26. The smallest absolute Gasteiger partial charge is 0.322 e. The van der Waals surface area contributed by atoms with Gasteiger partial charge in [0.2, 0.25) is 5.76 Å². The van der Waals surface area contributed by atoms with Crippen LogP contribution in [0.25, 0.3) is 17.0 Å². The van der Waals surface area contributed by atoms with Crippen LogP contribution in [0, 0.1) is 10.1 Å². The molecule has 1 aromatic heterocycles. The molecule has 1 aromatic carbocycles. The molecule has 0 radical (unpaired) electrons. The van der Waals surface area contributed by atoms with Gasteiger partial charge in [-0.2, -0.15) is 0 Å². The van der Waals surface area contributed by atoms with Crippen molar-refractivity contribution in [3.63, 3.8) is 0 Å². The van der Waals surface area contributed by atoms with Crippen LogP contribution in [0.5, 0.6) is 5.75 Å². The van der Waals surface area contributed by atoms with Crippen molar-refractivity contribution in [1.82, 2.24) is 0 Å². The third kappa shape index (κ3) is 3.26. The summed E-state index contributed by atoms with van der Waals surface area (Å²) in [6, 6.07) is 4.50. The molecule has 1 heterocycles. The highest BCUT2D eigenvalue weighted by atomic mass is 16.6. The Hall–Kier alpha value is -2.67. The van der Waals surface area contributed by atoms with E-state index in [1.807, 2.05) is 14.1 Å². The predicted octanol–water partition coefficient (Wildman–Crippen LogP) is 1.38. The Kier molecular flexibility index (Phi) is 4.04. The summed E-state index contributed by atoms with van der Waals surface area (Å²) >= 11 is 0. The van der Waals surface area contributed by atoms with Crippen LogP contribution in [0.2, 0.25) is 0 Å². The number of nitro groups is 1. The maximum absolute atomic E-state index is 11.3. The number of ether oxygens (including phenoxy) is 1. The number of quaternary nitrogens is 1. The number of carbonyl (C=O) groups is 1. The molecule has 0 spiro atoms.